The summed E-state index contributed by atoms with van der Waals surface area (Å²) in [6.07, 6.45) is 3.66. The average molecular weight is 387 g/mol. The van der Waals surface area contributed by atoms with Crippen LogP contribution < -0.4 is 5.32 Å². The molecule has 1 saturated heterocycles. The van der Waals surface area contributed by atoms with Gasteiger partial charge in [-0.25, -0.2) is 4.79 Å². The minimum absolute atomic E-state index is 0.194. The molecular formula is C23H34N2O3. The Morgan fingerprint density at radius 1 is 1.25 bits per heavy atom. The van der Waals surface area contributed by atoms with Gasteiger partial charge in [-0.2, -0.15) is 0 Å². The number of amides is 2. The Kier molecular flexibility index (Phi) is 5.48. The SMILES string of the molecule is Cc1cccc(C(C)C2CC2)c1NC(=O)[C@@]1(C(C)(C)C)CCCCN1C(=O)O. The fraction of sp³-hybridized carbons (Fsp3) is 0.652. The van der Waals surface area contributed by atoms with E-state index in [4.69, 9.17) is 0 Å². The number of piperidine rings is 1. The average Bonchev–Trinajstić information content (AvgIpc) is 3.46. The molecule has 154 valence electrons. The Hall–Kier alpha value is -2.04. The molecule has 1 aliphatic heterocycles. The Morgan fingerprint density at radius 3 is 2.50 bits per heavy atom. The zero-order chi connectivity index (χ0) is 20.7. The van der Waals surface area contributed by atoms with Crippen molar-refractivity contribution in [2.45, 2.75) is 78.2 Å². The second kappa shape index (κ2) is 7.41. The predicted octanol–water partition coefficient (Wildman–Crippen LogP) is 5.40. The molecule has 0 radical (unpaired) electrons. The topological polar surface area (TPSA) is 69.6 Å². The number of nitrogens with zero attached hydrogens (tertiary/aromatic N) is 1. The lowest BCUT2D eigenvalue weighted by Gasteiger charge is -2.52. The molecule has 0 spiro atoms. The van der Waals surface area contributed by atoms with Crippen LogP contribution in [0, 0.1) is 18.3 Å². The van der Waals surface area contributed by atoms with Crippen molar-refractivity contribution in [2.75, 3.05) is 11.9 Å². The molecule has 5 nitrogen and oxygen atoms in total. The van der Waals surface area contributed by atoms with E-state index in [1.165, 1.54) is 17.7 Å². The van der Waals surface area contributed by atoms with Gasteiger partial charge in [0.1, 0.15) is 5.54 Å². The number of carbonyl (C=O) groups is 2. The lowest BCUT2D eigenvalue weighted by molar-refractivity contribution is -0.137. The number of aryl methyl sites for hydroxylation is 1. The molecule has 3 rings (SSSR count). The molecule has 2 aliphatic rings. The van der Waals surface area contributed by atoms with Gasteiger partial charge in [-0.3, -0.25) is 9.69 Å². The smallest absolute Gasteiger partial charge is 0.408 e. The van der Waals surface area contributed by atoms with E-state index in [1.54, 1.807) is 0 Å². The molecule has 2 amide bonds. The van der Waals surface area contributed by atoms with Crippen LogP contribution in [0.5, 0.6) is 0 Å². The zero-order valence-electron chi connectivity index (χ0n) is 17.8. The number of benzene rings is 1. The summed E-state index contributed by atoms with van der Waals surface area (Å²) in [6, 6.07) is 6.16. The maximum absolute atomic E-state index is 13.7. The van der Waals surface area contributed by atoms with Gasteiger partial charge in [0.15, 0.2) is 0 Å². The number of hydrogen-bond donors (Lipinski definition) is 2. The standard InChI is InChI=1S/C23H34N2O3/c1-15-9-8-10-18(16(2)17-11-12-17)19(15)24-20(26)23(22(3,4)5)13-6-7-14-25(23)21(27)28/h8-10,16-17H,6-7,11-14H2,1-5H3,(H,24,26)(H,27,28)/t16?,23-/m1/s1. The van der Waals surface area contributed by atoms with Crippen LogP contribution in [0.2, 0.25) is 0 Å². The highest BCUT2D eigenvalue weighted by Gasteiger charge is 2.55. The first kappa shape index (κ1) is 20.7. The summed E-state index contributed by atoms with van der Waals surface area (Å²) in [5.41, 5.74) is 1.48. The van der Waals surface area contributed by atoms with E-state index >= 15 is 0 Å². The largest absolute Gasteiger partial charge is 0.465 e. The van der Waals surface area contributed by atoms with Crippen LogP contribution in [0.3, 0.4) is 0 Å². The van der Waals surface area contributed by atoms with Crippen molar-refractivity contribution in [3.05, 3.63) is 29.3 Å². The van der Waals surface area contributed by atoms with E-state index in [1.807, 2.05) is 39.8 Å². The van der Waals surface area contributed by atoms with Gasteiger partial charge < -0.3 is 10.4 Å². The molecule has 0 bridgehead atoms. The van der Waals surface area contributed by atoms with Crippen molar-refractivity contribution in [1.29, 1.82) is 0 Å². The van der Waals surface area contributed by atoms with Gasteiger partial charge in [0.25, 0.3) is 5.91 Å². The van der Waals surface area contributed by atoms with Crippen LogP contribution in [0.4, 0.5) is 10.5 Å². The van der Waals surface area contributed by atoms with E-state index in [-0.39, 0.29) is 5.91 Å². The molecule has 1 aromatic rings. The van der Waals surface area contributed by atoms with Crippen LogP contribution in [0.15, 0.2) is 18.2 Å². The Labute approximate surface area is 168 Å². The van der Waals surface area contributed by atoms with Gasteiger partial charge in [-0.15, -0.1) is 0 Å². The maximum Gasteiger partial charge on any atom is 0.408 e. The molecule has 1 unspecified atom stereocenters. The normalized spacial score (nSPS) is 24.0. The highest BCUT2D eigenvalue weighted by molar-refractivity contribution is 6.01. The number of likely N-dealkylation sites (tertiary alicyclic amines) is 1. The number of hydrogen-bond acceptors (Lipinski definition) is 2. The van der Waals surface area contributed by atoms with Crippen LogP contribution in [0.1, 0.15) is 76.8 Å². The summed E-state index contributed by atoms with van der Waals surface area (Å²) in [4.78, 5) is 27.2. The molecule has 1 aromatic carbocycles. The van der Waals surface area contributed by atoms with Gasteiger partial charge in [0, 0.05) is 12.2 Å². The van der Waals surface area contributed by atoms with Gasteiger partial charge >= 0.3 is 6.09 Å². The maximum atomic E-state index is 13.7. The highest BCUT2D eigenvalue weighted by atomic mass is 16.4. The molecule has 2 atom stereocenters. The summed E-state index contributed by atoms with van der Waals surface area (Å²) in [6.45, 7) is 10.6. The third kappa shape index (κ3) is 3.51. The van der Waals surface area contributed by atoms with E-state index < -0.39 is 17.0 Å². The van der Waals surface area contributed by atoms with Crippen LogP contribution in [-0.2, 0) is 4.79 Å². The lowest BCUT2D eigenvalue weighted by Crippen LogP contribution is -2.67. The van der Waals surface area contributed by atoms with Crippen molar-refractivity contribution in [3.8, 4) is 0 Å². The number of carboxylic acid groups (broad SMARTS) is 1. The molecule has 1 saturated carbocycles. The van der Waals surface area contributed by atoms with Gasteiger partial charge in [0.05, 0.1) is 0 Å². The first-order valence-electron chi connectivity index (χ1n) is 10.5. The monoisotopic (exact) mass is 386 g/mol. The van der Waals surface area contributed by atoms with Crippen molar-refractivity contribution < 1.29 is 14.7 Å². The van der Waals surface area contributed by atoms with E-state index in [9.17, 15) is 14.7 Å². The van der Waals surface area contributed by atoms with Crippen LogP contribution >= 0.6 is 0 Å². The summed E-state index contributed by atoms with van der Waals surface area (Å²) in [5, 5.41) is 13.1. The second-order valence-corrected chi connectivity index (χ2v) is 9.62. The third-order valence-corrected chi connectivity index (χ3v) is 6.84. The summed E-state index contributed by atoms with van der Waals surface area (Å²) in [5.74, 6) is 0.877. The molecule has 5 heteroatoms. The number of carbonyl (C=O) groups excluding carboxylic acids is 1. The van der Waals surface area contributed by atoms with Gasteiger partial charge in [-0.05, 0) is 67.4 Å². The lowest BCUT2D eigenvalue weighted by atomic mass is 9.67. The number of anilines is 1. The third-order valence-electron chi connectivity index (χ3n) is 6.84. The fourth-order valence-corrected chi connectivity index (χ4v) is 4.90. The molecule has 28 heavy (non-hydrogen) atoms. The Bertz CT molecular complexity index is 764. The quantitative estimate of drug-likeness (QED) is 0.728. The van der Waals surface area contributed by atoms with E-state index in [2.05, 4.69) is 18.3 Å². The number of nitrogens with one attached hydrogen (secondary N) is 1. The van der Waals surface area contributed by atoms with E-state index in [0.29, 0.717) is 24.8 Å². The van der Waals surface area contributed by atoms with Crippen molar-refractivity contribution >= 4 is 17.7 Å². The van der Waals surface area contributed by atoms with Crippen LogP contribution in [-0.4, -0.2) is 34.1 Å². The fourth-order valence-electron chi connectivity index (χ4n) is 4.90. The highest BCUT2D eigenvalue weighted by Crippen LogP contribution is 2.47. The molecule has 0 aromatic heterocycles. The number of rotatable bonds is 4. The van der Waals surface area contributed by atoms with Crippen LogP contribution in [0.25, 0.3) is 0 Å². The Balaban J connectivity index is 2.01. The zero-order valence-corrected chi connectivity index (χ0v) is 17.8. The van der Waals surface area contributed by atoms with E-state index in [0.717, 1.165) is 29.7 Å². The summed E-state index contributed by atoms with van der Waals surface area (Å²) < 4.78 is 0. The van der Waals surface area contributed by atoms with Gasteiger partial charge in [0.2, 0.25) is 0 Å². The van der Waals surface area contributed by atoms with Crippen molar-refractivity contribution in [2.24, 2.45) is 11.3 Å². The first-order chi connectivity index (χ1) is 13.1. The molecule has 1 aliphatic carbocycles. The summed E-state index contributed by atoms with van der Waals surface area (Å²) in [7, 11) is 0. The molecule has 2 N–H and O–H groups in total. The van der Waals surface area contributed by atoms with Crippen molar-refractivity contribution in [3.63, 3.8) is 0 Å². The molecule has 1 heterocycles. The minimum atomic E-state index is -1.07. The second-order valence-electron chi connectivity index (χ2n) is 9.62. The Morgan fingerprint density at radius 2 is 1.93 bits per heavy atom. The minimum Gasteiger partial charge on any atom is -0.465 e. The molecular weight excluding hydrogens is 352 g/mol. The molecule has 2 fully saturated rings. The number of para-hydroxylation sites is 1. The first-order valence-corrected chi connectivity index (χ1v) is 10.5. The van der Waals surface area contributed by atoms with Crippen molar-refractivity contribution in [1.82, 2.24) is 4.90 Å². The summed E-state index contributed by atoms with van der Waals surface area (Å²) >= 11 is 0. The van der Waals surface area contributed by atoms with Gasteiger partial charge in [-0.1, -0.05) is 45.9 Å². The predicted molar refractivity (Wildman–Crippen MR) is 112 cm³/mol.